The molecule has 1 aliphatic carbocycles. The summed E-state index contributed by atoms with van der Waals surface area (Å²) in [6.07, 6.45) is 4.88. The fraction of sp³-hybridized carbons (Fsp3) is 0.667. The second kappa shape index (κ2) is 5.50. The summed E-state index contributed by atoms with van der Waals surface area (Å²) in [5.74, 6) is 0.861. The predicted molar refractivity (Wildman–Crippen MR) is 77.4 cm³/mol. The van der Waals surface area contributed by atoms with Crippen LogP contribution >= 0.6 is 0 Å². The maximum Gasteiger partial charge on any atom is 0.326 e. The zero-order chi connectivity index (χ0) is 15.0. The van der Waals surface area contributed by atoms with E-state index in [1.165, 1.54) is 0 Å². The van der Waals surface area contributed by atoms with Crippen LogP contribution < -0.4 is 9.64 Å². The largest absolute Gasteiger partial charge is 0.480 e. The van der Waals surface area contributed by atoms with Crippen LogP contribution in [-0.4, -0.2) is 39.7 Å². The Balaban J connectivity index is 1.87. The van der Waals surface area contributed by atoms with E-state index in [0.717, 1.165) is 25.8 Å². The Morgan fingerprint density at radius 1 is 1.48 bits per heavy atom. The average molecular weight is 291 g/mol. The molecule has 3 rings (SSSR count). The number of hydrogen-bond acceptors (Lipinski definition) is 5. The third-order valence-corrected chi connectivity index (χ3v) is 4.37. The highest BCUT2D eigenvalue weighted by Crippen LogP contribution is 2.43. The Labute approximate surface area is 124 Å². The van der Waals surface area contributed by atoms with Crippen LogP contribution in [-0.2, 0) is 4.79 Å². The van der Waals surface area contributed by atoms with Crippen LogP contribution in [0.2, 0.25) is 0 Å². The van der Waals surface area contributed by atoms with Crippen LogP contribution in [0, 0.1) is 11.8 Å². The Morgan fingerprint density at radius 2 is 2.29 bits per heavy atom. The normalized spacial score (nSPS) is 28.0. The number of carboxylic acid groups (broad SMARTS) is 1. The van der Waals surface area contributed by atoms with Crippen molar-refractivity contribution in [1.82, 2.24) is 9.97 Å². The van der Waals surface area contributed by atoms with Crippen LogP contribution in [0.25, 0.3) is 0 Å². The van der Waals surface area contributed by atoms with E-state index in [1.54, 1.807) is 12.3 Å². The number of aliphatic carboxylic acids is 1. The first-order valence-electron chi connectivity index (χ1n) is 7.55. The molecule has 1 aliphatic heterocycles. The van der Waals surface area contributed by atoms with Gasteiger partial charge in [0.15, 0.2) is 0 Å². The molecule has 2 fully saturated rings. The zero-order valence-electron chi connectivity index (χ0n) is 12.4. The van der Waals surface area contributed by atoms with Crippen molar-refractivity contribution < 1.29 is 14.6 Å². The molecule has 1 saturated carbocycles. The molecular weight excluding hydrogens is 270 g/mol. The van der Waals surface area contributed by atoms with Crippen LogP contribution in [0.1, 0.15) is 33.1 Å². The molecule has 2 heterocycles. The third kappa shape index (κ3) is 2.66. The van der Waals surface area contributed by atoms with Crippen molar-refractivity contribution in [2.24, 2.45) is 11.8 Å². The molecule has 21 heavy (non-hydrogen) atoms. The van der Waals surface area contributed by atoms with E-state index >= 15 is 0 Å². The molecule has 0 radical (unpaired) electrons. The van der Waals surface area contributed by atoms with Gasteiger partial charge in [-0.1, -0.05) is 6.42 Å². The quantitative estimate of drug-likeness (QED) is 0.914. The smallest absolute Gasteiger partial charge is 0.326 e. The summed E-state index contributed by atoms with van der Waals surface area (Å²) < 4.78 is 5.58. The van der Waals surface area contributed by atoms with Gasteiger partial charge in [0.25, 0.3) is 0 Å². The van der Waals surface area contributed by atoms with Crippen molar-refractivity contribution in [3.8, 4) is 5.88 Å². The van der Waals surface area contributed by atoms with Crippen molar-refractivity contribution in [1.29, 1.82) is 0 Å². The minimum Gasteiger partial charge on any atom is -0.480 e. The number of hydrogen-bond donors (Lipinski definition) is 1. The summed E-state index contributed by atoms with van der Waals surface area (Å²) in [5.41, 5.74) is 0. The van der Waals surface area contributed by atoms with Gasteiger partial charge in [-0.25, -0.2) is 9.78 Å². The van der Waals surface area contributed by atoms with Gasteiger partial charge in [-0.15, -0.1) is 0 Å². The van der Waals surface area contributed by atoms with Gasteiger partial charge in [0, 0.05) is 18.8 Å². The van der Waals surface area contributed by atoms with Gasteiger partial charge in [0.05, 0.1) is 6.10 Å². The number of carboxylic acids is 1. The highest BCUT2D eigenvalue weighted by molar-refractivity contribution is 5.79. The highest BCUT2D eigenvalue weighted by Gasteiger charge is 2.48. The number of ether oxygens (including phenoxy) is 1. The van der Waals surface area contributed by atoms with Gasteiger partial charge in [-0.3, -0.25) is 0 Å². The summed E-state index contributed by atoms with van der Waals surface area (Å²) in [5, 5.41) is 9.58. The molecule has 1 saturated heterocycles. The van der Waals surface area contributed by atoms with Crippen molar-refractivity contribution in [2.45, 2.75) is 45.3 Å². The molecule has 0 amide bonds. The second-order valence-electron chi connectivity index (χ2n) is 6.15. The van der Waals surface area contributed by atoms with Gasteiger partial charge >= 0.3 is 5.97 Å². The second-order valence-corrected chi connectivity index (χ2v) is 6.15. The molecule has 0 bridgehead atoms. The van der Waals surface area contributed by atoms with E-state index in [1.807, 2.05) is 18.7 Å². The zero-order valence-corrected chi connectivity index (χ0v) is 12.4. The van der Waals surface area contributed by atoms with E-state index in [2.05, 4.69) is 9.97 Å². The predicted octanol–water partition coefficient (Wildman–Crippen LogP) is 1.95. The third-order valence-electron chi connectivity index (χ3n) is 4.37. The Morgan fingerprint density at radius 3 is 3.00 bits per heavy atom. The average Bonchev–Trinajstić information content (AvgIpc) is 2.97. The first-order valence-corrected chi connectivity index (χ1v) is 7.55. The molecule has 0 spiro atoms. The minimum atomic E-state index is -0.775. The summed E-state index contributed by atoms with van der Waals surface area (Å²) in [6, 6.07) is 1.20. The lowest BCUT2D eigenvalue weighted by Crippen LogP contribution is -2.40. The molecule has 3 atom stereocenters. The maximum atomic E-state index is 11.7. The molecule has 6 heteroatoms. The van der Waals surface area contributed by atoms with Gasteiger partial charge in [0.1, 0.15) is 6.04 Å². The van der Waals surface area contributed by atoms with Crippen LogP contribution in [0.4, 0.5) is 5.95 Å². The van der Waals surface area contributed by atoms with E-state index < -0.39 is 12.0 Å². The lowest BCUT2D eigenvalue weighted by molar-refractivity contribution is -0.139. The molecule has 3 unspecified atom stereocenters. The van der Waals surface area contributed by atoms with Gasteiger partial charge in [0.2, 0.25) is 11.8 Å². The number of rotatable bonds is 4. The number of anilines is 1. The minimum absolute atomic E-state index is 0.0287. The van der Waals surface area contributed by atoms with Crippen LogP contribution in [0.3, 0.4) is 0 Å². The topological polar surface area (TPSA) is 75.5 Å². The van der Waals surface area contributed by atoms with Crippen molar-refractivity contribution in [3.63, 3.8) is 0 Å². The number of fused-ring (bicyclic) bond motifs is 1. The number of carbonyl (C=O) groups is 1. The number of nitrogens with zero attached hydrogens (tertiary/aromatic N) is 3. The molecule has 1 aromatic heterocycles. The van der Waals surface area contributed by atoms with E-state index in [9.17, 15) is 9.90 Å². The summed E-state index contributed by atoms with van der Waals surface area (Å²) in [4.78, 5) is 22.1. The molecule has 0 aromatic carbocycles. The van der Waals surface area contributed by atoms with Crippen molar-refractivity contribution in [2.75, 3.05) is 11.4 Å². The fourth-order valence-electron chi connectivity index (χ4n) is 3.61. The SMILES string of the molecule is CC(C)Oc1ccnc(N2CC3CCCC3C2C(=O)O)n1. The van der Waals surface area contributed by atoms with Crippen molar-refractivity contribution in [3.05, 3.63) is 12.3 Å². The van der Waals surface area contributed by atoms with E-state index in [-0.39, 0.29) is 12.0 Å². The monoisotopic (exact) mass is 291 g/mol. The van der Waals surface area contributed by atoms with E-state index in [4.69, 9.17) is 4.74 Å². The number of aromatic nitrogens is 2. The van der Waals surface area contributed by atoms with E-state index in [0.29, 0.717) is 17.7 Å². The van der Waals surface area contributed by atoms with Crippen LogP contribution in [0.15, 0.2) is 12.3 Å². The maximum absolute atomic E-state index is 11.7. The molecule has 1 aromatic rings. The standard InChI is InChI=1S/C15H21N3O3/c1-9(2)21-12-6-7-16-15(17-12)18-8-10-4-3-5-11(10)13(18)14(19)20/h6-7,9-11,13H,3-5,8H2,1-2H3,(H,19,20). The summed E-state index contributed by atoms with van der Waals surface area (Å²) in [6.45, 7) is 4.59. The summed E-state index contributed by atoms with van der Waals surface area (Å²) >= 11 is 0. The Bertz CT molecular complexity index is 535. The van der Waals surface area contributed by atoms with Crippen LogP contribution in [0.5, 0.6) is 5.88 Å². The molecule has 114 valence electrons. The highest BCUT2D eigenvalue weighted by atomic mass is 16.5. The first kappa shape index (κ1) is 14.1. The van der Waals surface area contributed by atoms with Gasteiger partial charge in [-0.2, -0.15) is 4.98 Å². The molecule has 6 nitrogen and oxygen atoms in total. The Hall–Kier alpha value is -1.85. The summed E-state index contributed by atoms with van der Waals surface area (Å²) in [7, 11) is 0. The molecular formula is C15H21N3O3. The fourth-order valence-corrected chi connectivity index (χ4v) is 3.61. The molecule has 1 N–H and O–H groups in total. The lowest BCUT2D eigenvalue weighted by Gasteiger charge is -2.24. The van der Waals surface area contributed by atoms with Gasteiger partial charge in [-0.05, 0) is 38.5 Å². The van der Waals surface area contributed by atoms with Gasteiger partial charge < -0.3 is 14.7 Å². The Kier molecular flexibility index (Phi) is 3.69. The van der Waals surface area contributed by atoms with Crippen molar-refractivity contribution >= 4 is 11.9 Å². The first-order chi connectivity index (χ1) is 10.1. The molecule has 2 aliphatic rings. The lowest BCUT2D eigenvalue weighted by atomic mass is 9.94.